The van der Waals surface area contributed by atoms with Crippen LogP contribution in [0.5, 0.6) is 0 Å². The molecule has 0 saturated carbocycles. The number of alkyl carbamates (subject to hydrolysis) is 1. The van der Waals surface area contributed by atoms with Crippen LogP contribution in [0.4, 0.5) is 4.79 Å². The molecule has 4 aliphatic rings. The van der Waals surface area contributed by atoms with Crippen LogP contribution in [-0.4, -0.2) is 129 Å². The summed E-state index contributed by atoms with van der Waals surface area (Å²) < 4.78 is 72.4. The number of fused-ring (bicyclic) bond motifs is 4. The molecule has 3 aliphatic heterocycles. The molecule has 4 aromatic rings. The van der Waals surface area contributed by atoms with Crippen LogP contribution >= 0.6 is 0 Å². The molecule has 1 amide bonds. The van der Waals surface area contributed by atoms with E-state index >= 15 is 0 Å². The predicted molar refractivity (Wildman–Crippen MR) is 257 cm³/mol. The van der Waals surface area contributed by atoms with Crippen molar-refractivity contribution in [2.24, 2.45) is 5.11 Å². The number of hydrogen-bond donors (Lipinski definition) is 1. The van der Waals surface area contributed by atoms with Gasteiger partial charge >= 0.3 is 35.9 Å². The van der Waals surface area contributed by atoms with Crippen LogP contribution in [0.2, 0.25) is 0 Å². The highest BCUT2D eigenvalue weighted by Gasteiger charge is 2.58. The Morgan fingerprint density at radius 1 is 0.667 bits per heavy atom. The Labute approximate surface area is 430 Å². The Kier molecular flexibility index (Phi) is 17.8. The number of ether oxygens (including phenoxy) is 12. The first-order valence-electron chi connectivity index (χ1n) is 24.1. The van der Waals surface area contributed by atoms with Gasteiger partial charge in [0.05, 0.1) is 12.7 Å². The number of azide groups is 1. The maximum Gasteiger partial charge on any atom is 0.407 e. The maximum absolute atomic E-state index is 14.2. The fourth-order valence-electron chi connectivity index (χ4n) is 9.49. The van der Waals surface area contributed by atoms with Crippen molar-refractivity contribution < 1.29 is 85.6 Å². The van der Waals surface area contributed by atoms with Crippen molar-refractivity contribution in [1.29, 1.82) is 0 Å². The molecular weight excluding hydrogens is 981 g/mol. The molecule has 0 spiro atoms. The van der Waals surface area contributed by atoms with Crippen LogP contribution < -0.4 is 5.32 Å². The molecule has 2 unspecified atom stereocenters. The number of carbonyl (C=O) groups is 6. The number of benzene rings is 4. The van der Waals surface area contributed by atoms with Crippen molar-refractivity contribution in [2.75, 3.05) is 19.8 Å². The van der Waals surface area contributed by atoms with Crippen LogP contribution in [0.3, 0.4) is 0 Å². The van der Waals surface area contributed by atoms with E-state index in [1.807, 2.05) is 48.5 Å². The zero-order chi connectivity index (χ0) is 53.2. The van der Waals surface area contributed by atoms with Gasteiger partial charge in [-0.1, -0.05) is 114 Å². The molecule has 1 N–H and O–H groups in total. The van der Waals surface area contributed by atoms with Gasteiger partial charge in [-0.15, -0.1) is 0 Å². The number of carbonyl (C=O) groups excluding carboxylic acids is 6. The van der Waals surface area contributed by atoms with Gasteiger partial charge in [0.2, 0.25) is 0 Å². The summed E-state index contributed by atoms with van der Waals surface area (Å²) in [6, 6.07) is 30.1. The fourth-order valence-corrected chi connectivity index (χ4v) is 9.49. The summed E-state index contributed by atoms with van der Waals surface area (Å²) in [6.07, 6.45) is -16.9. The highest BCUT2D eigenvalue weighted by molar-refractivity contribution is 5.82. The monoisotopic (exact) mass is 1040 g/mol. The Bertz CT molecular complexity index is 2680. The Balaban J connectivity index is 1.11. The van der Waals surface area contributed by atoms with Crippen molar-refractivity contribution in [2.45, 2.75) is 127 Å². The van der Waals surface area contributed by atoms with E-state index in [1.165, 1.54) is 6.92 Å². The predicted octanol–water partition coefficient (Wildman–Crippen LogP) is 6.03. The lowest BCUT2D eigenvalue weighted by Crippen LogP contribution is -2.67. The van der Waals surface area contributed by atoms with Crippen molar-refractivity contribution in [3.8, 4) is 11.1 Å². The average Bonchev–Trinajstić information content (AvgIpc) is 3.71. The van der Waals surface area contributed by atoms with Crippen molar-refractivity contribution in [3.05, 3.63) is 142 Å². The molecule has 396 valence electrons. The quantitative estimate of drug-likeness (QED) is 0.0392. The normalized spacial score (nSPS) is 26.5. The Hall–Kier alpha value is -7.43. The molecule has 0 aromatic heterocycles. The summed E-state index contributed by atoms with van der Waals surface area (Å²) in [5.41, 5.74) is 15.4. The first kappa shape index (κ1) is 53.8. The SMILES string of the molecule is CC(=O)OC[C@H]1O[C@@H](O[C@@H]2[C@@H](N=[N+]=[N-])[C@@H](OC(C)[C@H](NC(=O)OCC3c4ccccc4-c4ccccc43)C(=O)OCc3ccccc3)O[C@@H]3COC(c4ccccc4)O[C@H]23)[C@H](OC(C)=O)[C@@H](OC(C)=O)[C@H]1OC(C)=O. The third-order valence-corrected chi connectivity index (χ3v) is 12.7. The molecule has 22 nitrogen and oxygen atoms in total. The zero-order valence-electron chi connectivity index (χ0n) is 41.5. The molecule has 3 saturated heterocycles. The molecule has 8 rings (SSSR count). The smallest absolute Gasteiger partial charge is 0.407 e. The van der Waals surface area contributed by atoms with Crippen LogP contribution in [0, 0.1) is 0 Å². The number of amides is 1. The van der Waals surface area contributed by atoms with E-state index < -0.39 is 122 Å². The molecule has 13 atom stereocenters. The lowest BCUT2D eigenvalue weighted by atomic mass is 9.94. The minimum Gasteiger partial charge on any atom is -0.463 e. The number of rotatable bonds is 18. The van der Waals surface area contributed by atoms with E-state index in [9.17, 15) is 34.3 Å². The van der Waals surface area contributed by atoms with Crippen molar-refractivity contribution in [1.82, 2.24) is 5.32 Å². The average molecular weight is 1040 g/mol. The van der Waals surface area contributed by atoms with Gasteiger partial charge in [-0.25, -0.2) is 9.59 Å². The van der Waals surface area contributed by atoms with E-state index in [0.29, 0.717) is 11.1 Å². The van der Waals surface area contributed by atoms with E-state index in [2.05, 4.69) is 15.3 Å². The van der Waals surface area contributed by atoms with Gasteiger partial charge in [0.15, 0.2) is 43.2 Å². The second kappa shape index (κ2) is 24.7. The third-order valence-electron chi connectivity index (χ3n) is 12.7. The van der Waals surface area contributed by atoms with E-state index in [0.717, 1.165) is 49.9 Å². The van der Waals surface area contributed by atoms with Crippen molar-refractivity contribution in [3.63, 3.8) is 0 Å². The van der Waals surface area contributed by atoms with Gasteiger partial charge in [-0.05, 0) is 40.3 Å². The molecular formula is C53H56N4O18. The zero-order valence-corrected chi connectivity index (χ0v) is 41.5. The maximum atomic E-state index is 14.2. The van der Waals surface area contributed by atoms with Crippen LogP contribution in [0.1, 0.15) is 69.1 Å². The molecule has 3 heterocycles. The second-order valence-electron chi connectivity index (χ2n) is 18.0. The first-order valence-corrected chi connectivity index (χ1v) is 24.1. The molecule has 3 fully saturated rings. The molecule has 0 radical (unpaired) electrons. The molecule has 75 heavy (non-hydrogen) atoms. The highest BCUT2D eigenvalue weighted by Crippen LogP contribution is 2.45. The number of nitrogens with zero attached hydrogens (tertiary/aromatic N) is 3. The van der Waals surface area contributed by atoms with Gasteiger partial charge in [0.1, 0.15) is 50.3 Å². The first-order chi connectivity index (χ1) is 36.2. The summed E-state index contributed by atoms with van der Waals surface area (Å²) in [4.78, 5) is 81.3. The lowest BCUT2D eigenvalue weighted by molar-refractivity contribution is -0.379. The minimum absolute atomic E-state index is 0.0864. The largest absolute Gasteiger partial charge is 0.463 e. The Morgan fingerprint density at radius 3 is 1.89 bits per heavy atom. The van der Waals surface area contributed by atoms with Gasteiger partial charge in [0, 0.05) is 44.1 Å². The molecule has 22 heteroatoms. The Morgan fingerprint density at radius 2 is 1.27 bits per heavy atom. The summed E-state index contributed by atoms with van der Waals surface area (Å²) in [5.74, 6) is -4.61. The summed E-state index contributed by atoms with van der Waals surface area (Å²) in [6.45, 7) is 4.78. The van der Waals surface area contributed by atoms with Crippen LogP contribution in [0.25, 0.3) is 21.6 Å². The van der Waals surface area contributed by atoms with Gasteiger partial charge in [0.25, 0.3) is 0 Å². The van der Waals surface area contributed by atoms with Crippen LogP contribution in [0.15, 0.2) is 114 Å². The highest BCUT2D eigenvalue weighted by atomic mass is 16.8. The second-order valence-corrected chi connectivity index (χ2v) is 18.0. The number of nitrogens with one attached hydrogen (secondary N) is 1. The minimum atomic E-state index is -1.79. The van der Waals surface area contributed by atoms with E-state index in [1.54, 1.807) is 60.7 Å². The third kappa shape index (κ3) is 13.1. The van der Waals surface area contributed by atoms with Crippen molar-refractivity contribution >= 4 is 35.9 Å². The number of esters is 5. The van der Waals surface area contributed by atoms with Gasteiger partial charge in [-0.3, -0.25) is 19.2 Å². The molecule has 0 bridgehead atoms. The standard InChI is InChI=1S/C53H56N4O18/c1-28(42(49(62)65-24-33-16-8-6-9-17-33)55-53(63)67-25-39-37-22-14-12-20-35(37)36-21-13-15-23-38(36)39)68-51-43(56-57-54)46(44-41(72-51)27-66-50(74-44)34-18-10-7-11-19-34)75-52-48(71-32(5)61)47(70-31(4)60)45(69-30(3)59)40(73-52)26-64-29(2)58/h6-23,28,39-48,50-52H,24-27H2,1-5H3,(H,55,63)/t28?,40-,41-,42+,43-,44+,45+,46-,47+,48-,50?,51+,52+/m1/s1. The summed E-state index contributed by atoms with van der Waals surface area (Å²) in [5, 5.41) is 6.68. The van der Waals surface area contributed by atoms with E-state index in [4.69, 9.17) is 56.8 Å². The van der Waals surface area contributed by atoms with Crippen LogP contribution in [-0.2, 0) is 87.4 Å². The lowest BCUT2D eigenvalue weighted by Gasteiger charge is -2.51. The number of hydrogen-bond acceptors (Lipinski definition) is 19. The summed E-state index contributed by atoms with van der Waals surface area (Å²) >= 11 is 0. The fraction of sp³-hybridized carbons (Fsp3) is 0.434. The topological polar surface area (TPSA) is 274 Å². The van der Waals surface area contributed by atoms with E-state index in [-0.39, 0.29) is 25.7 Å². The summed E-state index contributed by atoms with van der Waals surface area (Å²) in [7, 11) is 0. The van der Waals surface area contributed by atoms with Gasteiger partial charge < -0.3 is 62.2 Å². The molecule has 1 aliphatic carbocycles. The van der Waals surface area contributed by atoms with Gasteiger partial charge in [-0.2, -0.15) is 0 Å². The molecule has 4 aromatic carbocycles.